The van der Waals surface area contributed by atoms with Crippen LogP contribution in [0.15, 0.2) is 28.7 Å². The Morgan fingerprint density at radius 1 is 1.00 bits per heavy atom. The molecule has 0 aliphatic carbocycles. The highest BCUT2D eigenvalue weighted by Gasteiger charge is 2.51. The summed E-state index contributed by atoms with van der Waals surface area (Å²) in [6.45, 7) is 6.95. The SMILES string of the molecule is CC1(C)COc2ccc(Br)c3c2B(OC3C(N)CC2(C)COc3ccc(Cl)c4c3B(OC4CN)O2)O1. The van der Waals surface area contributed by atoms with Crippen molar-refractivity contribution >= 4 is 52.7 Å². The summed E-state index contributed by atoms with van der Waals surface area (Å²) in [5.41, 5.74) is 15.0. The molecule has 190 valence electrons. The van der Waals surface area contributed by atoms with E-state index in [1.54, 1.807) is 0 Å². The van der Waals surface area contributed by atoms with Crippen LogP contribution in [0.3, 0.4) is 0 Å². The van der Waals surface area contributed by atoms with Crippen LogP contribution >= 0.6 is 27.5 Å². The lowest BCUT2D eigenvalue weighted by atomic mass is 9.76. The van der Waals surface area contributed by atoms with E-state index in [0.717, 1.165) is 32.3 Å². The van der Waals surface area contributed by atoms with E-state index in [1.165, 1.54) is 0 Å². The molecule has 0 radical (unpaired) electrons. The van der Waals surface area contributed by atoms with Crippen molar-refractivity contribution in [2.24, 2.45) is 11.5 Å². The molecule has 4 aliphatic rings. The molecular weight excluding hydrogens is 549 g/mol. The van der Waals surface area contributed by atoms with Gasteiger partial charge >= 0.3 is 14.2 Å². The molecule has 4 N–H and O–H groups in total. The maximum atomic E-state index is 6.85. The molecule has 4 atom stereocenters. The molecule has 4 heterocycles. The van der Waals surface area contributed by atoms with E-state index in [2.05, 4.69) is 15.9 Å². The fourth-order valence-corrected chi connectivity index (χ4v) is 6.42. The van der Waals surface area contributed by atoms with Crippen LogP contribution in [0.2, 0.25) is 5.02 Å². The van der Waals surface area contributed by atoms with Gasteiger partial charge in [-0.05, 0) is 57.0 Å². The molecular formula is C24H28B2BrClN2O6. The van der Waals surface area contributed by atoms with Crippen LogP contribution in [0.1, 0.15) is 50.5 Å². The van der Waals surface area contributed by atoms with Gasteiger partial charge < -0.3 is 39.6 Å². The number of hydrogen-bond acceptors (Lipinski definition) is 8. The van der Waals surface area contributed by atoms with Gasteiger partial charge in [-0.1, -0.05) is 27.5 Å². The summed E-state index contributed by atoms with van der Waals surface area (Å²) < 4.78 is 38.6. The Kier molecular flexibility index (Phi) is 6.17. The summed E-state index contributed by atoms with van der Waals surface area (Å²) in [5, 5.41) is 0.591. The first kappa shape index (κ1) is 25.0. The van der Waals surface area contributed by atoms with Crippen molar-refractivity contribution in [1.29, 1.82) is 0 Å². The van der Waals surface area contributed by atoms with Gasteiger partial charge in [-0.15, -0.1) is 0 Å². The van der Waals surface area contributed by atoms with Gasteiger partial charge in [0.2, 0.25) is 0 Å². The van der Waals surface area contributed by atoms with E-state index >= 15 is 0 Å². The molecule has 4 unspecified atom stereocenters. The largest absolute Gasteiger partial charge is 0.499 e. The lowest BCUT2D eigenvalue weighted by Gasteiger charge is -2.34. The highest BCUT2D eigenvalue weighted by atomic mass is 79.9. The van der Waals surface area contributed by atoms with Gasteiger partial charge in [0, 0.05) is 38.6 Å². The first-order valence-corrected chi connectivity index (χ1v) is 13.3. The molecule has 2 aromatic carbocycles. The number of hydrogen-bond donors (Lipinski definition) is 2. The zero-order valence-electron chi connectivity index (χ0n) is 20.4. The molecule has 36 heavy (non-hydrogen) atoms. The molecule has 0 bridgehead atoms. The average molecular weight is 577 g/mol. The van der Waals surface area contributed by atoms with E-state index in [0.29, 0.717) is 30.4 Å². The number of rotatable bonds is 4. The van der Waals surface area contributed by atoms with Gasteiger partial charge in [0.1, 0.15) is 24.7 Å². The minimum Gasteiger partial charge on any atom is -0.491 e. The molecule has 0 aromatic heterocycles. The first-order valence-electron chi connectivity index (χ1n) is 12.1. The molecule has 2 aromatic rings. The summed E-state index contributed by atoms with van der Waals surface area (Å²) in [5.74, 6) is 1.45. The average Bonchev–Trinajstić information content (AvgIpc) is 3.30. The van der Waals surface area contributed by atoms with Crippen LogP contribution in [0, 0.1) is 0 Å². The first-order chi connectivity index (χ1) is 17.1. The summed E-state index contributed by atoms with van der Waals surface area (Å²) >= 11 is 10.2. The van der Waals surface area contributed by atoms with E-state index in [-0.39, 0.29) is 12.6 Å². The van der Waals surface area contributed by atoms with Crippen LogP contribution in [-0.4, -0.2) is 51.2 Å². The van der Waals surface area contributed by atoms with Gasteiger partial charge in [0.15, 0.2) is 0 Å². The Labute approximate surface area is 224 Å². The molecule has 0 fully saturated rings. The summed E-state index contributed by atoms with van der Waals surface area (Å²) in [7, 11) is -1.22. The van der Waals surface area contributed by atoms with Crippen molar-refractivity contribution in [3.63, 3.8) is 0 Å². The fraction of sp³-hybridized carbons (Fsp3) is 0.500. The molecule has 4 aliphatic heterocycles. The number of nitrogens with two attached hydrogens (primary N) is 2. The van der Waals surface area contributed by atoms with E-state index in [4.69, 9.17) is 51.2 Å². The highest BCUT2D eigenvalue weighted by molar-refractivity contribution is 9.10. The molecule has 6 rings (SSSR count). The summed E-state index contributed by atoms with van der Waals surface area (Å²) in [6, 6.07) is 7.13. The normalized spacial score (nSPS) is 28.5. The Morgan fingerprint density at radius 3 is 2.42 bits per heavy atom. The van der Waals surface area contributed by atoms with Gasteiger partial charge in [0.25, 0.3) is 0 Å². The topological polar surface area (TPSA) is 107 Å². The predicted octanol–water partition coefficient (Wildman–Crippen LogP) is 2.37. The molecule has 0 saturated carbocycles. The van der Waals surface area contributed by atoms with E-state index in [1.807, 2.05) is 45.0 Å². The molecule has 0 saturated heterocycles. The van der Waals surface area contributed by atoms with Gasteiger partial charge in [0.05, 0.1) is 23.4 Å². The molecule has 0 amide bonds. The van der Waals surface area contributed by atoms with Gasteiger partial charge in [-0.3, -0.25) is 0 Å². The Balaban J connectivity index is 1.28. The van der Waals surface area contributed by atoms with E-state index < -0.39 is 37.6 Å². The third-order valence-corrected chi connectivity index (χ3v) is 8.24. The molecule has 12 heteroatoms. The van der Waals surface area contributed by atoms with Crippen LogP contribution in [0.25, 0.3) is 0 Å². The Morgan fingerprint density at radius 2 is 1.67 bits per heavy atom. The van der Waals surface area contributed by atoms with Crippen molar-refractivity contribution < 1.29 is 28.1 Å². The van der Waals surface area contributed by atoms with Crippen LogP contribution in [0.5, 0.6) is 11.5 Å². The smallest absolute Gasteiger partial charge is 0.491 e. The van der Waals surface area contributed by atoms with Gasteiger partial charge in [-0.2, -0.15) is 0 Å². The third-order valence-electron chi connectivity index (χ3n) is 7.22. The van der Waals surface area contributed by atoms with Crippen LogP contribution < -0.4 is 31.9 Å². The lowest BCUT2D eigenvalue weighted by molar-refractivity contribution is -0.0133. The molecule has 0 spiro atoms. The van der Waals surface area contributed by atoms with Crippen LogP contribution in [-0.2, 0) is 18.6 Å². The monoisotopic (exact) mass is 576 g/mol. The second-order valence-corrected chi connectivity index (χ2v) is 12.0. The predicted molar refractivity (Wildman–Crippen MR) is 141 cm³/mol. The van der Waals surface area contributed by atoms with Crippen molar-refractivity contribution in [3.8, 4) is 11.5 Å². The van der Waals surface area contributed by atoms with Crippen molar-refractivity contribution in [2.45, 2.75) is 56.6 Å². The lowest BCUT2D eigenvalue weighted by Crippen LogP contribution is -2.48. The second kappa shape index (κ2) is 8.88. The quantitative estimate of drug-likeness (QED) is 0.534. The zero-order chi connectivity index (χ0) is 25.4. The number of benzene rings is 2. The zero-order valence-corrected chi connectivity index (χ0v) is 22.7. The number of halogens is 2. The van der Waals surface area contributed by atoms with Crippen molar-refractivity contribution in [3.05, 3.63) is 44.9 Å². The second-order valence-electron chi connectivity index (χ2n) is 10.7. The maximum absolute atomic E-state index is 6.85. The number of ether oxygens (including phenoxy) is 2. The summed E-state index contributed by atoms with van der Waals surface area (Å²) in [4.78, 5) is 0. The minimum atomic E-state index is -0.768. The van der Waals surface area contributed by atoms with Crippen molar-refractivity contribution in [1.82, 2.24) is 0 Å². The Hall–Kier alpha value is -1.30. The minimum absolute atomic E-state index is 0.287. The van der Waals surface area contributed by atoms with Crippen molar-refractivity contribution in [2.75, 3.05) is 19.8 Å². The van der Waals surface area contributed by atoms with Gasteiger partial charge in [-0.25, -0.2) is 0 Å². The third kappa shape index (κ3) is 4.08. The molecule has 8 nitrogen and oxygen atoms in total. The standard InChI is InChI=1S/C24H28B2BrClN2O6/c1-23(2)10-31-15-6-4-12(27)18-20(15)26(35-23)34-22(18)14(30)8-24(3)11-32-16-7-5-13(28)19-17(9-29)33-25(36-24)21(16)19/h4-7,14,17,22H,8-11,29-30H2,1-3H3. The summed E-state index contributed by atoms with van der Waals surface area (Å²) in [6.07, 6.45) is -0.355. The maximum Gasteiger partial charge on any atom is 0.499 e. The fourth-order valence-electron chi connectivity index (χ4n) is 5.56. The Bertz CT molecular complexity index is 1220. The highest BCUT2D eigenvalue weighted by Crippen LogP contribution is 2.42. The van der Waals surface area contributed by atoms with E-state index in [9.17, 15) is 0 Å². The van der Waals surface area contributed by atoms with Crippen LogP contribution in [0.4, 0.5) is 0 Å².